The van der Waals surface area contributed by atoms with E-state index < -0.39 is 0 Å². The van der Waals surface area contributed by atoms with Crippen LogP contribution < -0.4 is 16.3 Å². The smallest absolute Gasteiger partial charge is 0.314 e. The molecule has 7 nitrogen and oxygen atoms in total. The lowest BCUT2D eigenvalue weighted by molar-refractivity contribution is 0.591. The molecule has 0 unspecified atom stereocenters. The normalized spacial score (nSPS) is 11.2. The summed E-state index contributed by atoms with van der Waals surface area (Å²) in [4.78, 5) is 28.4. The molecule has 0 aliphatic heterocycles. The van der Waals surface area contributed by atoms with E-state index in [1.807, 2.05) is 12.1 Å². The van der Waals surface area contributed by atoms with Gasteiger partial charge in [-0.15, -0.1) is 0 Å². The van der Waals surface area contributed by atoms with Crippen molar-refractivity contribution in [2.45, 2.75) is 32.6 Å². The van der Waals surface area contributed by atoms with Gasteiger partial charge in [0.05, 0.1) is 0 Å². The lowest BCUT2D eigenvalue weighted by Gasteiger charge is -2.20. The molecule has 0 fully saturated rings. The van der Waals surface area contributed by atoms with Gasteiger partial charge in [0.2, 0.25) is 0 Å². The molecule has 0 amide bonds. The number of fused-ring (bicyclic) bond motifs is 1. The second kappa shape index (κ2) is 6.15. The van der Waals surface area contributed by atoms with Crippen molar-refractivity contribution in [3.8, 4) is 0 Å². The molecule has 0 saturated carbocycles. The predicted molar refractivity (Wildman–Crippen MR) is 83.4 cm³/mol. The van der Waals surface area contributed by atoms with Crippen molar-refractivity contribution in [2.24, 2.45) is 14.1 Å². The van der Waals surface area contributed by atoms with Crippen LogP contribution >= 0.6 is 0 Å². The summed E-state index contributed by atoms with van der Waals surface area (Å²) >= 11 is 0. The van der Waals surface area contributed by atoms with Gasteiger partial charge in [-0.3, -0.25) is 13.9 Å². The van der Waals surface area contributed by atoms with E-state index in [0.717, 1.165) is 17.5 Å². The first-order valence-corrected chi connectivity index (χ1v) is 7.33. The van der Waals surface area contributed by atoms with Gasteiger partial charge in [-0.1, -0.05) is 26.2 Å². The quantitative estimate of drug-likeness (QED) is 0.731. The molecule has 0 radical (unpaired) electrons. The monoisotopic (exact) mass is 293 g/mol. The summed E-state index contributed by atoms with van der Waals surface area (Å²) < 4.78 is 4.26. The third kappa shape index (κ3) is 2.72. The Hall–Kier alpha value is -2.05. The number of imidazole rings is 1. The van der Waals surface area contributed by atoms with Crippen molar-refractivity contribution >= 4 is 11.2 Å². The fraction of sp³-hybridized carbons (Fsp3) is 0.643. The second-order valence-electron chi connectivity index (χ2n) is 5.41. The van der Waals surface area contributed by atoms with Gasteiger partial charge in [-0.2, -0.15) is 0 Å². The van der Waals surface area contributed by atoms with Gasteiger partial charge in [0.1, 0.15) is 6.33 Å². The molecule has 7 heteroatoms. The minimum atomic E-state index is -0.358. The summed E-state index contributed by atoms with van der Waals surface area (Å²) in [6, 6.07) is 0. The Morgan fingerprint density at radius 3 is 2.52 bits per heavy atom. The number of hydrogen-bond donors (Lipinski definition) is 0. The largest absolute Gasteiger partial charge is 0.332 e. The Bertz CT molecular complexity index is 740. The van der Waals surface area contributed by atoms with E-state index in [2.05, 4.69) is 11.9 Å². The van der Waals surface area contributed by atoms with Crippen molar-refractivity contribution < 1.29 is 0 Å². The summed E-state index contributed by atoms with van der Waals surface area (Å²) in [5, 5.41) is 1.97. The molecular formula is C14H23N5O2. The molecule has 0 aromatic carbocycles. The predicted octanol–water partition coefficient (Wildman–Crippen LogP) is 0.582. The molecule has 0 bridgehead atoms. The molecule has 0 aliphatic rings. The van der Waals surface area contributed by atoms with Gasteiger partial charge >= 0.3 is 5.69 Å². The van der Waals surface area contributed by atoms with Crippen LogP contribution in [0.4, 0.5) is 0 Å². The minimum absolute atomic E-state index is 0.314. The SMILES string of the molecule is CCCCCCN(C)n1cnc2c1c(=O)n(C)c(=O)n2C. The maximum Gasteiger partial charge on any atom is 0.332 e. The van der Waals surface area contributed by atoms with E-state index in [4.69, 9.17) is 0 Å². The Balaban J connectivity index is 2.38. The van der Waals surface area contributed by atoms with E-state index in [0.29, 0.717) is 11.2 Å². The molecule has 2 heterocycles. The van der Waals surface area contributed by atoms with Crippen molar-refractivity contribution in [1.82, 2.24) is 18.8 Å². The average molecular weight is 293 g/mol. The molecule has 0 atom stereocenters. The lowest BCUT2D eigenvalue weighted by atomic mass is 10.2. The van der Waals surface area contributed by atoms with E-state index in [-0.39, 0.29) is 11.2 Å². The highest BCUT2D eigenvalue weighted by atomic mass is 16.2. The average Bonchev–Trinajstić information content (AvgIpc) is 2.92. The molecule has 0 N–H and O–H groups in total. The van der Waals surface area contributed by atoms with Crippen molar-refractivity contribution in [2.75, 3.05) is 18.6 Å². The highest BCUT2D eigenvalue weighted by Gasteiger charge is 2.15. The first-order chi connectivity index (χ1) is 9.99. The fourth-order valence-corrected chi connectivity index (χ4v) is 2.47. The number of unbranched alkanes of at least 4 members (excludes halogenated alkanes) is 3. The number of rotatable bonds is 6. The zero-order valence-corrected chi connectivity index (χ0v) is 13.2. The lowest BCUT2D eigenvalue weighted by Crippen LogP contribution is -2.40. The van der Waals surface area contributed by atoms with E-state index >= 15 is 0 Å². The standard InChI is InChI=1S/C14H23N5O2/c1-5-6-7-8-9-16(2)19-10-15-12-11(19)13(20)18(4)14(21)17(12)3/h10H,5-9H2,1-4H3. The van der Waals surface area contributed by atoms with Gasteiger partial charge in [0, 0.05) is 27.7 Å². The fourth-order valence-electron chi connectivity index (χ4n) is 2.47. The van der Waals surface area contributed by atoms with Crippen LogP contribution in [-0.4, -0.2) is 32.4 Å². The molecule has 116 valence electrons. The second-order valence-corrected chi connectivity index (χ2v) is 5.41. The van der Waals surface area contributed by atoms with Gasteiger partial charge < -0.3 is 5.01 Å². The Morgan fingerprint density at radius 2 is 1.86 bits per heavy atom. The molecule has 0 spiro atoms. The highest BCUT2D eigenvalue weighted by molar-refractivity contribution is 5.70. The Morgan fingerprint density at radius 1 is 1.14 bits per heavy atom. The molecule has 0 aliphatic carbocycles. The first kappa shape index (κ1) is 15.3. The highest BCUT2D eigenvalue weighted by Crippen LogP contribution is 2.07. The summed E-state index contributed by atoms with van der Waals surface area (Å²) in [5.41, 5.74) is 0.190. The molecule has 2 rings (SSSR count). The van der Waals surface area contributed by atoms with Gasteiger partial charge in [-0.25, -0.2) is 14.5 Å². The van der Waals surface area contributed by atoms with Gasteiger partial charge in [0.15, 0.2) is 11.2 Å². The molecule has 2 aromatic heterocycles. The van der Waals surface area contributed by atoms with E-state index in [1.165, 1.54) is 30.9 Å². The Labute approximate surface area is 123 Å². The summed E-state index contributed by atoms with van der Waals surface area (Å²) in [6.07, 6.45) is 6.25. The number of nitrogens with zero attached hydrogens (tertiary/aromatic N) is 5. The molecule has 21 heavy (non-hydrogen) atoms. The maximum atomic E-state index is 12.3. The van der Waals surface area contributed by atoms with Crippen molar-refractivity contribution in [1.29, 1.82) is 0 Å². The van der Waals surface area contributed by atoms with Gasteiger partial charge in [0.25, 0.3) is 5.56 Å². The van der Waals surface area contributed by atoms with Crippen LogP contribution in [0.25, 0.3) is 11.2 Å². The van der Waals surface area contributed by atoms with Gasteiger partial charge in [-0.05, 0) is 6.42 Å². The minimum Gasteiger partial charge on any atom is -0.314 e. The maximum absolute atomic E-state index is 12.3. The van der Waals surface area contributed by atoms with Crippen molar-refractivity contribution in [3.63, 3.8) is 0 Å². The summed E-state index contributed by atoms with van der Waals surface area (Å²) in [5.74, 6) is 0. The third-order valence-electron chi connectivity index (χ3n) is 3.83. The van der Waals surface area contributed by atoms with Crippen LogP contribution in [0, 0.1) is 0 Å². The van der Waals surface area contributed by atoms with Crippen LogP contribution in [0.1, 0.15) is 32.6 Å². The zero-order valence-electron chi connectivity index (χ0n) is 13.2. The zero-order chi connectivity index (χ0) is 15.6. The molecule has 2 aromatic rings. The van der Waals surface area contributed by atoms with Crippen LogP contribution in [0.15, 0.2) is 15.9 Å². The van der Waals surface area contributed by atoms with E-state index in [9.17, 15) is 9.59 Å². The van der Waals surface area contributed by atoms with Crippen molar-refractivity contribution in [3.05, 3.63) is 27.2 Å². The number of hydrogen-bond acceptors (Lipinski definition) is 4. The topological polar surface area (TPSA) is 65.1 Å². The third-order valence-corrected chi connectivity index (χ3v) is 3.83. The van der Waals surface area contributed by atoms with Crippen LogP contribution in [-0.2, 0) is 14.1 Å². The first-order valence-electron chi connectivity index (χ1n) is 7.33. The van der Waals surface area contributed by atoms with E-state index in [1.54, 1.807) is 18.1 Å². The number of aromatic nitrogens is 4. The van der Waals surface area contributed by atoms with Crippen LogP contribution in [0.3, 0.4) is 0 Å². The molecule has 0 saturated heterocycles. The van der Waals surface area contributed by atoms with Crippen LogP contribution in [0.2, 0.25) is 0 Å². The summed E-state index contributed by atoms with van der Waals surface area (Å²) in [7, 11) is 5.04. The molecular weight excluding hydrogens is 270 g/mol. The Kier molecular flexibility index (Phi) is 4.50. The number of aryl methyl sites for hydroxylation is 1. The summed E-state index contributed by atoms with van der Waals surface area (Å²) in [6.45, 7) is 3.02. The van der Waals surface area contributed by atoms with Crippen LogP contribution in [0.5, 0.6) is 0 Å².